The van der Waals surface area contributed by atoms with Crippen molar-refractivity contribution in [2.75, 3.05) is 33.4 Å². The summed E-state index contributed by atoms with van der Waals surface area (Å²) in [5.41, 5.74) is 1.82. The zero-order chi connectivity index (χ0) is 17.0. The van der Waals surface area contributed by atoms with Gasteiger partial charge in [-0.2, -0.15) is 0 Å². The van der Waals surface area contributed by atoms with Gasteiger partial charge in [-0.15, -0.1) is 0 Å². The van der Waals surface area contributed by atoms with Crippen LogP contribution in [0.15, 0.2) is 16.8 Å². The number of nitrogens with one attached hydrogen (secondary N) is 2. The van der Waals surface area contributed by atoms with Crippen molar-refractivity contribution in [2.45, 2.75) is 26.2 Å². The first-order chi connectivity index (χ1) is 11.7. The van der Waals surface area contributed by atoms with Crippen LogP contribution in [-0.2, 0) is 11.2 Å². The molecule has 0 bridgehead atoms. The van der Waals surface area contributed by atoms with Gasteiger partial charge in [-0.25, -0.2) is 4.98 Å². The van der Waals surface area contributed by atoms with Crippen LogP contribution in [0.1, 0.15) is 35.8 Å². The second-order valence-corrected chi connectivity index (χ2v) is 6.43. The van der Waals surface area contributed by atoms with Crippen molar-refractivity contribution in [3.8, 4) is 0 Å². The first kappa shape index (κ1) is 16.9. The van der Waals surface area contributed by atoms with E-state index in [0.717, 1.165) is 43.4 Å². The van der Waals surface area contributed by atoms with E-state index < -0.39 is 0 Å². The van der Waals surface area contributed by atoms with Gasteiger partial charge in [0.1, 0.15) is 0 Å². The molecule has 0 atom stereocenters. The lowest BCUT2D eigenvalue weighted by molar-refractivity contribution is 0.0511. The third-order valence-electron chi connectivity index (χ3n) is 4.74. The molecule has 130 valence electrons. The molecule has 1 saturated heterocycles. The molecule has 1 fully saturated rings. The summed E-state index contributed by atoms with van der Waals surface area (Å²) >= 11 is 0. The zero-order valence-corrected chi connectivity index (χ0v) is 14.2. The number of fused-ring (bicyclic) bond motifs is 1. The number of aromatic nitrogens is 2. The number of amides is 1. The Balaban J connectivity index is 1.72. The summed E-state index contributed by atoms with van der Waals surface area (Å²) in [4.78, 5) is 16.7. The third-order valence-corrected chi connectivity index (χ3v) is 4.74. The van der Waals surface area contributed by atoms with Crippen LogP contribution in [0.5, 0.6) is 0 Å². The normalized spacial score (nSPS) is 17.1. The third kappa shape index (κ3) is 3.42. The summed E-state index contributed by atoms with van der Waals surface area (Å²) in [5, 5.41) is 11.2. The summed E-state index contributed by atoms with van der Waals surface area (Å²) in [6, 6.07) is 1.80. The van der Waals surface area contributed by atoms with Gasteiger partial charge in [-0.1, -0.05) is 12.1 Å². The Morgan fingerprint density at radius 1 is 1.46 bits per heavy atom. The van der Waals surface area contributed by atoms with Crippen LogP contribution in [0, 0.1) is 5.41 Å². The Morgan fingerprint density at radius 3 is 2.96 bits per heavy atom. The Hall–Kier alpha value is -1.99. The van der Waals surface area contributed by atoms with Crippen molar-refractivity contribution in [2.24, 2.45) is 5.41 Å². The average Bonchev–Trinajstić information content (AvgIpc) is 3.03. The first-order valence-corrected chi connectivity index (χ1v) is 8.39. The van der Waals surface area contributed by atoms with Crippen LogP contribution in [0.3, 0.4) is 0 Å². The van der Waals surface area contributed by atoms with Gasteiger partial charge in [0, 0.05) is 25.3 Å². The molecular formula is C17H24N4O3. The van der Waals surface area contributed by atoms with E-state index in [9.17, 15) is 4.79 Å². The lowest BCUT2D eigenvalue weighted by atomic mass is 9.79. The number of piperidine rings is 1. The Bertz CT molecular complexity index is 701. The highest BCUT2D eigenvalue weighted by molar-refractivity contribution is 5.97. The van der Waals surface area contributed by atoms with Gasteiger partial charge < -0.3 is 19.9 Å². The SMILES string of the molecule is CCc1noc2ncc(C(=O)NCC3(COC)CCNCC3)cc12. The van der Waals surface area contributed by atoms with Crippen molar-refractivity contribution in [3.05, 3.63) is 23.5 Å². The highest BCUT2D eigenvalue weighted by Gasteiger charge is 2.32. The molecule has 0 saturated carbocycles. The van der Waals surface area contributed by atoms with Gasteiger partial charge in [0.15, 0.2) is 0 Å². The molecule has 0 radical (unpaired) electrons. The molecule has 0 aliphatic carbocycles. The maximum atomic E-state index is 12.5. The Labute approximate surface area is 141 Å². The molecule has 1 aliphatic rings. The summed E-state index contributed by atoms with van der Waals surface area (Å²) in [7, 11) is 1.71. The molecule has 1 amide bonds. The quantitative estimate of drug-likeness (QED) is 0.834. The van der Waals surface area contributed by atoms with Gasteiger partial charge >= 0.3 is 0 Å². The summed E-state index contributed by atoms with van der Waals surface area (Å²) in [6.07, 6.45) is 4.26. The lowest BCUT2D eigenvalue weighted by Crippen LogP contribution is -2.47. The highest BCUT2D eigenvalue weighted by atomic mass is 16.5. The molecule has 3 rings (SSSR count). The summed E-state index contributed by atoms with van der Waals surface area (Å²) in [5.74, 6) is -0.123. The Kier molecular flexibility index (Phi) is 5.11. The minimum Gasteiger partial charge on any atom is -0.384 e. The number of aryl methyl sites for hydroxylation is 1. The number of pyridine rings is 1. The standard InChI is InChI=1S/C17H24N4O3/c1-3-14-13-8-12(9-19-16(13)24-21-14)15(22)20-10-17(11-23-2)4-6-18-7-5-17/h8-9,18H,3-7,10-11H2,1-2H3,(H,20,22). The van der Waals surface area contributed by atoms with Crippen molar-refractivity contribution in [3.63, 3.8) is 0 Å². The van der Waals surface area contributed by atoms with Gasteiger partial charge in [0.2, 0.25) is 0 Å². The van der Waals surface area contributed by atoms with Crippen LogP contribution in [0.2, 0.25) is 0 Å². The molecule has 3 heterocycles. The van der Waals surface area contributed by atoms with Crippen molar-refractivity contribution >= 4 is 17.0 Å². The summed E-state index contributed by atoms with van der Waals surface area (Å²) in [6.45, 7) is 5.15. The van der Waals surface area contributed by atoms with E-state index in [-0.39, 0.29) is 11.3 Å². The molecule has 0 unspecified atom stereocenters. The van der Waals surface area contributed by atoms with E-state index in [1.165, 1.54) is 6.20 Å². The number of hydrogen-bond donors (Lipinski definition) is 2. The zero-order valence-electron chi connectivity index (χ0n) is 14.2. The van der Waals surface area contributed by atoms with Crippen LogP contribution >= 0.6 is 0 Å². The van der Waals surface area contributed by atoms with Gasteiger partial charge in [-0.3, -0.25) is 4.79 Å². The minimum atomic E-state index is -0.123. The number of rotatable bonds is 6. The number of carbonyl (C=O) groups is 1. The second kappa shape index (κ2) is 7.27. The van der Waals surface area contributed by atoms with Crippen molar-refractivity contribution in [1.82, 2.24) is 20.8 Å². The lowest BCUT2D eigenvalue weighted by Gasteiger charge is -2.37. The number of nitrogens with zero attached hydrogens (tertiary/aromatic N) is 2. The number of ether oxygens (including phenoxy) is 1. The predicted molar refractivity (Wildman–Crippen MR) is 89.9 cm³/mol. The monoisotopic (exact) mass is 332 g/mol. The van der Waals surface area contributed by atoms with Gasteiger partial charge in [0.25, 0.3) is 11.6 Å². The fraction of sp³-hybridized carbons (Fsp3) is 0.588. The molecule has 1 aliphatic heterocycles. The van der Waals surface area contributed by atoms with Crippen LogP contribution in [0.4, 0.5) is 0 Å². The smallest absolute Gasteiger partial charge is 0.257 e. The van der Waals surface area contributed by atoms with Crippen LogP contribution < -0.4 is 10.6 Å². The number of methoxy groups -OCH3 is 1. The maximum absolute atomic E-state index is 12.5. The second-order valence-electron chi connectivity index (χ2n) is 6.43. The fourth-order valence-corrected chi connectivity index (χ4v) is 3.26. The van der Waals surface area contributed by atoms with Gasteiger partial charge in [0.05, 0.1) is 23.3 Å². The number of carbonyl (C=O) groups excluding carboxylic acids is 1. The Morgan fingerprint density at radius 2 is 2.25 bits per heavy atom. The molecule has 2 N–H and O–H groups in total. The fourth-order valence-electron chi connectivity index (χ4n) is 3.26. The molecular weight excluding hydrogens is 308 g/mol. The largest absolute Gasteiger partial charge is 0.384 e. The van der Waals surface area contributed by atoms with Crippen molar-refractivity contribution in [1.29, 1.82) is 0 Å². The highest BCUT2D eigenvalue weighted by Crippen LogP contribution is 2.28. The molecule has 2 aromatic rings. The van der Waals surface area contributed by atoms with E-state index in [1.807, 2.05) is 6.92 Å². The predicted octanol–water partition coefficient (Wildman–Crippen LogP) is 1.53. The average molecular weight is 332 g/mol. The van der Waals surface area contributed by atoms with E-state index in [0.29, 0.717) is 24.4 Å². The molecule has 7 nitrogen and oxygen atoms in total. The van der Waals surface area contributed by atoms with E-state index in [1.54, 1.807) is 13.2 Å². The van der Waals surface area contributed by atoms with Crippen LogP contribution in [0.25, 0.3) is 11.1 Å². The topological polar surface area (TPSA) is 89.3 Å². The minimum absolute atomic E-state index is 0.00103. The molecule has 0 aromatic carbocycles. The number of hydrogen-bond acceptors (Lipinski definition) is 6. The van der Waals surface area contributed by atoms with E-state index in [4.69, 9.17) is 9.26 Å². The first-order valence-electron chi connectivity index (χ1n) is 8.39. The van der Waals surface area contributed by atoms with Gasteiger partial charge in [-0.05, 0) is 38.4 Å². The molecule has 7 heteroatoms. The van der Waals surface area contributed by atoms with Crippen molar-refractivity contribution < 1.29 is 14.1 Å². The van der Waals surface area contributed by atoms with E-state index >= 15 is 0 Å². The molecule has 2 aromatic heterocycles. The van der Waals surface area contributed by atoms with E-state index in [2.05, 4.69) is 20.8 Å². The molecule has 24 heavy (non-hydrogen) atoms. The maximum Gasteiger partial charge on any atom is 0.257 e. The van der Waals surface area contributed by atoms with Crippen LogP contribution in [-0.4, -0.2) is 49.4 Å². The molecule has 0 spiro atoms. The summed E-state index contributed by atoms with van der Waals surface area (Å²) < 4.78 is 10.5.